The van der Waals surface area contributed by atoms with Crippen LogP contribution in [0.2, 0.25) is 0 Å². The maximum Gasteiger partial charge on any atom is 0.242 e. The number of pyridine rings is 1. The molecule has 0 bridgehead atoms. The molecule has 0 saturated heterocycles. The van der Waals surface area contributed by atoms with Crippen LogP contribution in [0.5, 0.6) is 0 Å². The summed E-state index contributed by atoms with van der Waals surface area (Å²) >= 11 is 3.37. The third-order valence-electron chi connectivity index (χ3n) is 3.02. The van der Waals surface area contributed by atoms with E-state index in [0.717, 1.165) is 9.86 Å². The van der Waals surface area contributed by atoms with E-state index in [4.69, 9.17) is 5.26 Å². The van der Waals surface area contributed by atoms with Gasteiger partial charge in [-0.3, -0.25) is 9.78 Å². The van der Waals surface area contributed by atoms with Crippen LogP contribution in [0.4, 0.5) is 5.69 Å². The zero-order valence-electron chi connectivity index (χ0n) is 11.2. The molecular formula is C15H14BrN3O. The van der Waals surface area contributed by atoms with Gasteiger partial charge in [-0.25, -0.2) is 0 Å². The lowest BCUT2D eigenvalue weighted by molar-refractivity contribution is -0.119. The number of fused-ring (bicyclic) bond motifs is 1. The van der Waals surface area contributed by atoms with Gasteiger partial charge in [-0.1, -0.05) is 26.0 Å². The smallest absolute Gasteiger partial charge is 0.242 e. The molecule has 0 aliphatic rings. The fourth-order valence-electron chi connectivity index (χ4n) is 1.96. The van der Waals surface area contributed by atoms with E-state index in [1.54, 1.807) is 12.3 Å². The average molecular weight is 332 g/mol. The molecule has 1 unspecified atom stereocenters. The molecule has 0 radical (unpaired) electrons. The first-order valence-corrected chi connectivity index (χ1v) is 7.07. The lowest BCUT2D eigenvalue weighted by atomic mass is 9.96. The second-order valence-electron chi connectivity index (χ2n) is 4.87. The summed E-state index contributed by atoms with van der Waals surface area (Å²) in [4.78, 5) is 16.4. The Balaban J connectivity index is 2.35. The molecule has 4 nitrogen and oxygen atoms in total. The van der Waals surface area contributed by atoms with E-state index >= 15 is 0 Å². The van der Waals surface area contributed by atoms with Gasteiger partial charge in [0.15, 0.2) is 0 Å². The number of hydrogen-bond acceptors (Lipinski definition) is 3. The van der Waals surface area contributed by atoms with Crippen molar-refractivity contribution in [1.82, 2.24) is 4.98 Å². The van der Waals surface area contributed by atoms with Crippen molar-refractivity contribution < 1.29 is 4.79 Å². The van der Waals surface area contributed by atoms with Crippen molar-refractivity contribution in [3.63, 3.8) is 0 Å². The topological polar surface area (TPSA) is 65.8 Å². The molecule has 0 aliphatic carbocycles. The summed E-state index contributed by atoms with van der Waals surface area (Å²) in [6, 6.07) is 9.53. The fourth-order valence-corrected chi connectivity index (χ4v) is 2.30. The molecule has 20 heavy (non-hydrogen) atoms. The maximum absolute atomic E-state index is 12.1. The lowest BCUT2D eigenvalue weighted by Gasteiger charge is -2.14. The van der Waals surface area contributed by atoms with Crippen LogP contribution < -0.4 is 5.32 Å². The average Bonchev–Trinajstić information content (AvgIpc) is 2.38. The standard InChI is InChI=1S/C15H14BrN3O/c1-9(2)12(7-17)15(20)19-13-5-3-4-10-6-11(16)8-18-14(10)13/h3-6,8-9,12H,1-2H3,(H,19,20). The number of amides is 1. The van der Waals surface area contributed by atoms with Gasteiger partial charge in [-0.2, -0.15) is 5.26 Å². The minimum absolute atomic E-state index is 0.0305. The number of nitrogens with zero attached hydrogens (tertiary/aromatic N) is 2. The first-order chi connectivity index (χ1) is 9.52. The van der Waals surface area contributed by atoms with Gasteiger partial charge >= 0.3 is 0 Å². The van der Waals surface area contributed by atoms with E-state index in [1.807, 2.05) is 38.1 Å². The number of nitriles is 1. The van der Waals surface area contributed by atoms with E-state index in [9.17, 15) is 4.79 Å². The summed E-state index contributed by atoms with van der Waals surface area (Å²) in [5, 5.41) is 12.8. The lowest BCUT2D eigenvalue weighted by Crippen LogP contribution is -2.25. The first kappa shape index (κ1) is 14.5. The zero-order valence-corrected chi connectivity index (χ0v) is 12.8. The number of nitrogens with one attached hydrogen (secondary N) is 1. The Morgan fingerprint density at radius 1 is 1.45 bits per heavy atom. The van der Waals surface area contributed by atoms with Crippen molar-refractivity contribution in [2.24, 2.45) is 11.8 Å². The molecule has 0 fully saturated rings. The molecule has 2 aromatic rings. The summed E-state index contributed by atoms with van der Waals surface area (Å²) in [7, 11) is 0. The van der Waals surface area contributed by atoms with Gasteiger partial charge < -0.3 is 5.32 Å². The zero-order chi connectivity index (χ0) is 14.7. The predicted molar refractivity (Wildman–Crippen MR) is 82.0 cm³/mol. The molecule has 0 aliphatic heterocycles. The highest BCUT2D eigenvalue weighted by Crippen LogP contribution is 2.24. The number of hydrogen-bond donors (Lipinski definition) is 1. The van der Waals surface area contributed by atoms with Crippen LogP contribution in [0.25, 0.3) is 10.9 Å². The van der Waals surface area contributed by atoms with E-state index in [0.29, 0.717) is 11.2 Å². The Labute approximate surface area is 125 Å². The number of rotatable bonds is 3. The Morgan fingerprint density at radius 2 is 2.20 bits per heavy atom. The van der Waals surface area contributed by atoms with E-state index in [2.05, 4.69) is 26.2 Å². The van der Waals surface area contributed by atoms with Crippen molar-refractivity contribution in [2.45, 2.75) is 13.8 Å². The van der Waals surface area contributed by atoms with Crippen LogP contribution in [0, 0.1) is 23.2 Å². The molecule has 1 atom stereocenters. The maximum atomic E-state index is 12.1. The molecule has 5 heteroatoms. The molecule has 1 N–H and O–H groups in total. The fraction of sp³-hybridized carbons (Fsp3) is 0.267. The predicted octanol–water partition coefficient (Wildman–Crippen LogP) is 3.73. The van der Waals surface area contributed by atoms with Gasteiger partial charge in [-0.15, -0.1) is 0 Å². The Morgan fingerprint density at radius 3 is 2.85 bits per heavy atom. The summed E-state index contributed by atoms with van der Waals surface area (Å²) in [5.41, 5.74) is 1.34. The van der Waals surface area contributed by atoms with Crippen LogP contribution in [-0.2, 0) is 4.79 Å². The Kier molecular flexibility index (Phi) is 4.35. The molecule has 0 saturated carbocycles. The quantitative estimate of drug-likeness (QED) is 0.931. The first-order valence-electron chi connectivity index (χ1n) is 6.27. The highest BCUT2D eigenvalue weighted by atomic mass is 79.9. The SMILES string of the molecule is CC(C)C(C#N)C(=O)Nc1cccc2cc(Br)cnc12. The number of aromatic nitrogens is 1. The van der Waals surface area contributed by atoms with Crippen molar-refractivity contribution in [1.29, 1.82) is 5.26 Å². The van der Waals surface area contributed by atoms with Crippen LogP contribution >= 0.6 is 15.9 Å². The largest absolute Gasteiger partial charge is 0.323 e. The molecule has 1 aromatic heterocycles. The number of carbonyl (C=O) groups excluding carboxylic acids is 1. The monoisotopic (exact) mass is 331 g/mol. The minimum Gasteiger partial charge on any atom is -0.323 e. The van der Waals surface area contributed by atoms with Gasteiger partial charge in [-0.05, 0) is 34.0 Å². The highest BCUT2D eigenvalue weighted by molar-refractivity contribution is 9.10. The molecule has 1 aromatic carbocycles. The van der Waals surface area contributed by atoms with Crippen molar-refractivity contribution in [3.05, 3.63) is 34.9 Å². The Hall–Kier alpha value is -1.93. The van der Waals surface area contributed by atoms with E-state index < -0.39 is 5.92 Å². The van der Waals surface area contributed by atoms with Gasteiger partial charge in [0.25, 0.3) is 0 Å². The van der Waals surface area contributed by atoms with Gasteiger partial charge in [0, 0.05) is 16.1 Å². The molecule has 1 heterocycles. The summed E-state index contributed by atoms with van der Waals surface area (Å²) in [6.07, 6.45) is 1.68. The third-order valence-corrected chi connectivity index (χ3v) is 3.46. The molecule has 102 valence electrons. The number of anilines is 1. The highest BCUT2D eigenvalue weighted by Gasteiger charge is 2.22. The second-order valence-corrected chi connectivity index (χ2v) is 5.79. The molecule has 2 rings (SSSR count). The van der Waals surface area contributed by atoms with Gasteiger partial charge in [0.1, 0.15) is 5.92 Å². The summed E-state index contributed by atoms with van der Waals surface area (Å²) in [5.74, 6) is -0.988. The van der Waals surface area contributed by atoms with Crippen molar-refractivity contribution >= 4 is 38.4 Å². The molecule has 1 amide bonds. The van der Waals surface area contributed by atoms with E-state index in [-0.39, 0.29) is 11.8 Å². The van der Waals surface area contributed by atoms with Crippen molar-refractivity contribution in [3.8, 4) is 6.07 Å². The van der Waals surface area contributed by atoms with Crippen LogP contribution in [0.3, 0.4) is 0 Å². The van der Waals surface area contributed by atoms with Crippen LogP contribution in [-0.4, -0.2) is 10.9 Å². The Bertz CT molecular complexity index is 691. The number of halogens is 1. The number of benzene rings is 1. The van der Waals surface area contributed by atoms with Gasteiger partial charge in [0.05, 0.1) is 17.3 Å². The van der Waals surface area contributed by atoms with Crippen molar-refractivity contribution in [2.75, 3.05) is 5.32 Å². The molecule has 0 spiro atoms. The third kappa shape index (κ3) is 2.97. The number of carbonyl (C=O) groups is 1. The van der Waals surface area contributed by atoms with E-state index in [1.165, 1.54) is 0 Å². The normalized spacial score (nSPS) is 12.2. The van der Waals surface area contributed by atoms with Crippen LogP contribution in [0.15, 0.2) is 34.9 Å². The minimum atomic E-state index is -0.666. The summed E-state index contributed by atoms with van der Waals surface area (Å²) in [6.45, 7) is 3.71. The second kappa shape index (κ2) is 6.02. The number of para-hydroxylation sites is 1. The summed E-state index contributed by atoms with van der Waals surface area (Å²) < 4.78 is 0.880. The van der Waals surface area contributed by atoms with Crippen LogP contribution in [0.1, 0.15) is 13.8 Å². The molecular weight excluding hydrogens is 318 g/mol. The van der Waals surface area contributed by atoms with Gasteiger partial charge in [0.2, 0.25) is 5.91 Å².